The Morgan fingerprint density at radius 2 is 2.21 bits per heavy atom. The number of hydroxylamine groups is 1. The van der Waals surface area contributed by atoms with Crippen LogP contribution in [0.4, 0.5) is 5.69 Å². The lowest BCUT2D eigenvalue weighted by Crippen LogP contribution is -2.40. The lowest BCUT2D eigenvalue weighted by molar-refractivity contribution is -0.121. The van der Waals surface area contributed by atoms with Gasteiger partial charge in [0.2, 0.25) is 0 Å². The lowest BCUT2D eigenvalue weighted by Gasteiger charge is -2.31. The Labute approximate surface area is 140 Å². The SMILES string of the molecule is O=C(NO)c1ccc2c(c1)N(CCC1CCS(O)(O)C1)C(=O)CO2. The molecule has 0 radical (unpaired) electrons. The molecule has 8 nitrogen and oxygen atoms in total. The number of nitrogens with one attached hydrogen (secondary N) is 1. The predicted octanol–water partition coefficient (Wildman–Crippen LogP) is 1.69. The van der Waals surface area contributed by atoms with Crippen molar-refractivity contribution in [3.63, 3.8) is 0 Å². The molecule has 2 aliphatic rings. The summed E-state index contributed by atoms with van der Waals surface area (Å²) in [5.74, 6) is 0.587. The largest absolute Gasteiger partial charge is 0.482 e. The maximum atomic E-state index is 12.2. The third-order valence-corrected chi connectivity index (χ3v) is 6.28. The van der Waals surface area contributed by atoms with Crippen LogP contribution >= 0.6 is 10.6 Å². The molecule has 0 aromatic heterocycles. The molecule has 1 unspecified atom stereocenters. The van der Waals surface area contributed by atoms with Gasteiger partial charge in [-0.3, -0.25) is 23.9 Å². The predicted molar refractivity (Wildman–Crippen MR) is 88.8 cm³/mol. The molecule has 1 saturated heterocycles. The summed E-state index contributed by atoms with van der Waals surface area (Å²) in [6.07, 6.45) is 1.39. The van der Waals surface area contributed by atoms with Gasteiger partial charge in [-0.15, -0.1) is 0 Å². The van der Waals surface area contributed by atoms with Gasteiger partial charge in [0.05, 0.1) is 5.69 Å². The minimum Gasteiger partial charge on any atom is -0.482 e. The summed E-state index contributed by atoms with van der Waals surface area (Å²) >= 11 is 0. The summed E-state index contributed by atoms with van der Waals surface area (Å²) in [6.45, 7) is 0.345. The van der Waals surface area contributed by atoms with Gasteiger partial charge in [-0.2, -0.15) is 10.6 Å². The van der Waals surface area contributed by atoms with Crippen molar-refractivity contribution < 1.29 is 28.6 Å². The van der Waals surface area contributed by atoms with Gasteiger partial charge in [0, 0.05) is 23.6 Å². The van der Waals surface area contributed by atoms with Crippen molar-refractivity contribution in [3.8, 4) is 5.75 Å². The van der Waals surface area contributed by atoms with Crippen molar-refractivity contribution in [1.29, 1.82) is 0 Å². The van der Waals surface area contributed by atoms with E-state index in [9.17, 15) is 18.7 Å². The first-order valence-corrected chi connectivity index (χ1v) is 9.53. The molecule has 0 aliphatic carbocycles. The zero-order valence-corrected chi connectivity index (χ0v) is 13.8. The number of rotatable bonds is 4. The number of ether oxygens (including phenoxy) is 1. The Hall–Kier alpha value is -1.81. The monoisotopic (exact) mass is 356 g/mol. The highest BCUT2D eigenvalue weighted by Gasteiger charge is 2.31. The second kappa shape index (κ2) is 6.60. The van der Waals surface area contributed by atoms with E-state index in [2.05, 4.69) is 0 Å². The summed E-state index contributed by atoms with van der Waals surface area (Å²) in [5, 5.41) is 8.75. The molecule has 1 aromatic rings. The summed E-state index contributed by atoms with van der Waals surface area (Å²) in [4.78, 5) is 25.3. The van der Waals surface area contributed by atoms with Gasteiger partial charge in [-0.25, -0.2) is 5.48 Å². The van der Waals surface area contributed by atoms with Crippen LogP contribution in [0.2, 0.25) is 0 Å². The molecule has 132 valence electrons. The van der Waals surface area contributed by atoms with Crippen LogP contribution in [0.5, 0.6) is 5.75 Å². The molecular weight excluding hydrogens is 336 g/mol. The van der Waals surface area contributed by atoms with Gasteiger partial charge in [-0.1, -0.05) is 0 Å². The molecule has 3 rings (SSSR count). The van der Waals surface area contributed by atoms with Gasteiger partial charge < -0.3 is 9.64 Å². The number of nitrogens with zero attached hydrogens (tertiary/aromatic N) is 1. The first-order valence-electron chi connectivity index (χ1n) is 7.65. The van der Waals surface area contributed by atoms with Crippen LogP contribution in [0.25, 0.3) is 0 Å². The van der Waals surface area contributed by atoms with Crippen LogP contribution in [0.3, 0.4) is 0 Å². The molecule has 24 heavy (non-hydrogen) atoms. The smallest absolute Gasteiger partial charge is 0.274 e. The maximum absolute atomic E-state index is 12.2. The van der Waals surface area contributed by atoms with Crippen LogP contribution < -0.4 is 15.1 Å². The third-order valence-electron chi connectivity index (χ3n) is 4.38. The Morgan fingerprint density at radius 1 is 1.42 bits per heavy atom. The summed E-state index contributed by atoms with van der Waals surface area (Å²) in [5.41, 5.74) is 2.26. The van der Waals surface area contributed by atoms with Crippen molar-refractivity contribution in [2.24, 2.45) is 5.92 Å². The first-order chi connectivity index (χ1) is 11.4. The third kappa shape index (κ3) is 3.48. The van der Waals surface area contributed by atoms with Gasteiger partial charge in [0.15, 0.2) is 6.61 Å². The van der Waals surface area contributed by atoms with Crippen LogP contribution in [-0.2, 0) is 4.79 Å². The Balaban J connectivity index is 1.76. The number of carbonyl (C=O) groups excluding carboxylic acids is 2. The van der Waals surface area contributed by atoms with Crippen LogP contribution in [0.1, 0.15) is 23.2 Å². The number of amides is 2. The van der Waals surface area contributed by atoms with Crippen LogP contribution in [0, 0.1) is 5.92 Å². The minimum absolute atomic E-state index is 0.0710. The molecule has 4 N–H and O–H groups in total. The summed E-state index contributed by atoms with van der Waals surface area (Å²) < 4.78 is 24.8. The maximum Gasteiger partial charge on any atom is 0.274 e. The van der Waals surface area contributed by atoms with Crippen LogP contribution in [0.15, 0.2) is 18.2 Å². The van der Waals surface area contributed by atoms with E-state index in [0.717, 1.165) is 6.42 Å². The van der Waals surface area contributed by atoms with E-state index in [-0.39, 0.29) is 24.0 Å². The molecule has 0 bridgehead atoms. The molecule has 1 fully saturated rings. The number of carbonyl (C=O) groups is 2. The number of hydrogen-bond acceptors (Lipinski definition) is 6. The van der Waals surface area contributed by atoms with E-state index in [1.807, 2.05) is 0 Å². The molecule has 2 amide bonds. The second-order valence-electron chi connectivity index (χ2n) is 6.07. The van der Waals surface area contributed by atoms with Crippen molar-refractivity contribution in [3.05, 3.63) is 23.8 Å². The molecule has 9 heteroatoms. The fourth-order valence-corrected chi connectivity index (χ4v) is 5.06. The highest BCUT2D eigenvalue weighted by atomic mass is 32.3. The van der Waals surface area contributed by atoms with Gasteiger partial charge >= 0.3 is 0 Å². The molecule has 0 saturated carbocycles. The van der Waals surface area contributed by atoms with Gasteiger partial charge in [0.25, 0.3) is 11.8 Å². The van der Waals surface area contributed by atoms with E-state index in [1.54, 1.807) is 16.4 Å². The molecular formula is C15H20N2O6S. The van der Waals surface area contributed by atoms with Crippen molar-refractivity contribution >= 4 is 28.1 Å². The van der Waals surface area contributed by atoms with Crippen molar-refractivity contribution in [2.45, 2.75) is 12.8 Å². The first kappa shape index (κ1) is 17.0. The standard InChI is InChI=1S/C15H20N2O6S/c18-14-8-23-13-2-1-11(15(19)16-20)7-12(13)17(14)5-3-10-4-6-24(21,22)9-10/h1-2,7,10,20-22H,3-6,8-9H2,(H,16,19). The number of fused-ring (bicyclic) bond motifs is 1. The Kier molecular flexibility index (Phi) is 4.68. The van der Waals surface area contributed by atoms with E-state index >= 15 is 0 Å². The zero-order valence-electron chi connectivity index (χ0n) is 13.0. The molecule has 2 heterocycles. The number of hydrogen-bond donors (Lipinski definition) is 4. The molecule has 1 atom stereocenters. The molecule has 1 aromatic carbocycles. The average Bonchev–Trinajstić information content (AvgIpc) is 2.91. The van der Waals surface area contributed by atoms with E-state index in [1.165, 1.54) is 12.1 Å². The van der Waals surface area contributed by atoms with E-state index in [0.29, 0.717) is 35.9 Å². The topological polar surface area (TPSA) is 119 Å². The van der Waals surface area contributed by atoms with Crippen molar-refractivity contribution in [1.82, 2.24) is 5.48 Å². The normalized spacial score (nSPS) is 23.4. The number of anilines is 1. The van der Waals surface area contributed by atoms with Gasteiger partial charge in [0.1, 0.15) is 5.75 Å². The quantitative estimate of drug-likeness (QED) is 0.481. The van der Waals surface area contributed by atoms with E-state index < -0.39 is 16.5 Å². The summed E-state index contributed by atoms with van der Waals surface area (Å²) in [6, 6.07) is 4.59. The second-order valence-corrected chi connectivity index (χ2v) is 8.42. The minimum atomic E-state index is -2.45. The van der Waals surface area contributed by atoms with Crippen LogP contribution in [-0.4, -0.2) is 50.8 Å². The highest BCUT2D eigenvalue weighted by Crippen LogP contribution is 2.49. The fraction of sp³-hybridized carbons (Fsp3) is 0.467. The molecule has 0 spiro atoms. The summed E-state index contributed by atoms with van der Waals surface area (Å²) in [7, 11) is -2.45. The Morgan fingerprint density at radius 3 is 2.88 bits per heavy atom. The van der Waals surface area contributed by atoms with Gasteiger partial charge in [-0.05, 0) is 37.0 Å². The zero-order chi connectivity index (χ0) is 17.3. The average molecular weight is 356 g/mol. The highest BCUT2D eigenvalue weighted by molar-refractivity contribution is 8.24. The molecule has 2 aliphatic heterocycles. The fourth-order valence-electron chi connectivity index (χ4n) is 3.09. The van der Waals surface area contributed by atoms with Crippen molar-refractivity contribution in [2.75, 3.05) is 29.6 Å². The Bertz CT molecular complexity index is 665. The van der Waals surface area contributed by atoms with E-state index in [4.69, 9.17) is 9.94 Å². The number of benzene rings is 1. The lowest BCUT2D eigenvalue weighted by atomic mass is 10.0.